The topological polar surface area (TPSA) is 77.2 Å². The van der Waals surface area contributed by atoms with E-state index in [0.717, 1.165) is 18.2 Å². The smallest absolute Gasteiger partial charge is 0.322 e. The van der Waals surface area contributed by atoms with Crippen LogP contribution >= 0.6 is 11.6 Å². The average Bonchev–Trinajstić information content (AvgIpc) is 2.71. The summed E-state index contributed by atoms with van der Waals surface area (Å²) in [7, 11) is 1.53. The van der Waals surface area contributed by atoms with E-state index in [1.54, 1.807) is 0 Å². The van der Waals surface area contributed by atoms with E-state index in [2.05, 4.69) is 15.6 Å². The summed E-state index contributed by atoms with van der Waals surface area (Å²) in [4.78, 5) is 29.1. The molecule has 6 nitrogen and oxygen atoms in total. The Kier molecular flexibility index (Phi) is 5.17. The van der Waals surface area contributed by atoms with Crippen LogP contribution in [0.1, 0.15) is 17.3 Å². The number of pyridine rings is 1. The summed E-state index contributed by atoms with van der Waals surface area (Å²) in [5.74, 6) is -2.82. The number of fused-ring (bicyclic) bond motifs is 3. The second-order valence-electron chi connectivity index (χ2n) is 6.97. The lowest BCUT2D eigenvalue weighted by Gasteiger charge is -2.34. The molecule has 2 amide bonds. The molecule has 1 aliphatic heterocycles. The largest absolute Gasteiger partial charge is 0.324 e. The molecule has 0 saturated heterocycles. The van der Waals surface area contributed by atoms with Crippen molar-refractivity contribution in [3.8, 4) is 0 Å². The summed E-state index contributed by atoms with van der Waals surface area (Å²) in [5.41, 5.74) is 0.760. The van der Waals surface area contributed by atoms with Gasteiger partial charge in [0.15, 0.2) is 11.6 Å². The van der Waals surface area contributed by atoms with Crippen molar-refractivity contribution in [2.45, 2.75) is 12.6 Å². The number of nitrogens with zero attached hydrogens (tertiary/aromatic N) is 1. The average molecular weight is 437 g/mol. The van der Waals surface area contributed by atoms with Crippen LogP contribution in [0.5, 0.6) is 0 Å². The third-order valence-electron chi connectivity index (χ3n) is 5.12. The molecule has 30 heavy (non-hydrogen) atoms. The van der Waals surface area contributed by atoms with E-state index in [9.17, 15) is 22.8 Å². The molecule has 10 heteroatoms. The number of urea groups is 1. The molecule has 0 spiro atoms. The van der Waals surface area contributed by atoms with Crippen LogP contribution in [-0.2, 0) is 6.54 Å². The molecule has 0 radical (unpaired) electrons. The van der Waals surface area contributed by atoms with Gasteiger partial charge >= 0.3 is 6.03 Å². The maximum atomic E-state index is 14.0. The molecule has 0 saturated carbocycles. The highest BCUT2D eigenvalue weighted by Gasteiger charge is 2.30. The standard InChI is InChI=1S/C20H16ClF3N4O2/c1-28(20(30)26-9-2-3-13(22)12(21)4-9)17-8-25-7-16-18(17)10-5-14(23)15(24)6-11(10)19(29)27-16/h2-6,17,25H,7-8H2,1H3,(H,26,30)(H,27,29). The molecule has 0 fully saturated rings. The number of halogens is 4. The van der Waals surface area contributed by atoms with Gasteiger partial charge in [-0.2, -0.15) is 0 Å². The van der Waals surface area contributed by atoms with E-state index in [4.69, 9.17) is 11.6 Å². The van der Waals surface area contributed by atoms with Crippen LogP contribution in [0, 0.1) is 17.5 Å². The Hall–Kier alpha value is -3.04. The van der Waals surface area contributed by atoms with Gasteiger partial charge in [0.2, 0.25) is 0 Å². The van der Waals surface area contributed by atoms with Crippen LogP contribution in [0.3, 0.4) is 0 Å². The fourth-order valence-electron chi connectivity index (χ4n) is 3.61. The summed E-state index contributed by atoms with van der Waals surface area (Å²) >= 11 is 5.75. The second kappa shape index (κ2) is 7.66. The van der Waals surface area contributed by atoms with Crippen molar-refractivity contribution in [3.05, 3.63) is 74.4 Å². The van der Waals surface area contributed by atoms with Crippen molar-refractivity contribution in [2.75, 3.05) is 18.9 Å². The van der Waals surface area contributed by atoms with Gasteiger partial charge in [0.05, 0.1) is 16.5 Å². The van der Waals surface area contributed by atoms with Crippen LogP contribution in [-0.4, -0.2) is 29.5 Å². The minimum Gasteiger partial charge on any atom is -0.324 e. The summed E-state index contributed by atoms with van der Waals surface area (Å²) in [6.07, 6.45) is 0. The first-order chi connectivity index (χ1) is 14.3. The first kappa shape index (κ1) is 20.2. The van der Waals surface area contributed by atoms with Crippen molar-refractivity contribution in [1.29, 1.82) is 0 Å². The van der Waals surface area contributed by atoms with Gasteiger partial charge in [-0.05, 0) is 35.7 Å². The maximum absolute atomic E-state index is 14.0. The number of likely N-dealkylation sites (N-methyl/N-ethyl adjacent to an activating group) is 1. The molecule has 1 unspecified atom stereocenters. The van der Waals surface area contributed by atoms with E-state index < -0.39 is 35.1 Å². The number of benzene rings is 2. The number of carbonyl (C=O) groups is 1. The van der Waals surface area contributed by atoms with Gasteiger partial charge in [0.25, 0.3) is 5.56 Å². The van der Waals surface area contributed by atoms with Crippen LogP contribution in [0.2, 0.25) is 5.02 Å². The third-order valence-corrected chi connectivity index (χ3v) is 5.41. The fraction of sp³-hybridized carbons (Fsp3) is 0.200. The molecule has 156 valence electrons. The molecule has 4 rings (SSSR count). The maximum Gasteiger partial charge on any atom is 0.322 e. The molecule has 0 bridgehead atoms. The monoisotopic (exact) mass is 436 g/mol. The van der Waals surface area contributed by atoms with E-state index in [1.807, 2.05) is 0 Å². The normalized spacial score (nSPS) is 15.7. The number of hydrogen-bond acceptors (Lipinski definition) is 3. The van der Waals surface area contributed by atoms with Crippen molar-refractivity contribution in [2.24, 2.45) is 0 Å². The van der Waals surface area contributed by atoms with Gasteiger partial charge in [-0.25, -0.2) is 18.0 Å². The van der Waals surface area contributed by atoms with Crippen LogP contribution < -0.4 is 16.2 Å². The van der Waals surface area contributed by atoms with Crippen molar-refractivity contribution in [1.82, 2.24) is 15.2 Å². The minimum absolute atomic E-state index is 0.00123. The summed E-state index contributed by atoms with van der Waals surface area (Å²) in [6.45, 7) is 0.625. The Morgan fingerprint density at radius 1 is 1.13 bits per heavy atom. The Labute approximate surface area is 173 Å². The number of anilines is 1. The van der Waals surface area contributed by atoms with E-state index in [1.165, 1.54) is 24.1 Å². The number of carbonyl (C=O) groups excluding carboxylic acids is 1. The molecule has 1 atom stereocenters. The van der Waals surface area contributed by atoms with E-state index in [-0.39, 0.29) is 15.8 Å². The molecule has 1 aliphatic rings. The first-order valence-electron chi connectivity index (χ1n) is 8.99. The fourth-order valence-corrected chi connectivity index (χ4v) is 3.79. The Balaban J connectivity index is 1.73. The predicted molar refractivity (Wildman–Crippen MR) is 107 cm³/mol. The van der Waals surface area contributed by atoms with Gasteiger partial charge in [-0.3, -0.25) is 4.79 Å². The SMILES string of the molecule is CN(C(=O)Nc1ccc(F)c(Cl)c1)C1CNCc2[nH]c(=O)c3cc(F)c(F)cc3c21. The number of nitrogens with one attached hydrogen (secondary N) is 3. The number of amides is 2. The lowest BCUT2D eigenvalue weighted by Crippen LogP contribution is -2.43. The first-order valence-corrected chi connectivity index (χ1v) is 9.37. The molecular formula is C20H16ClF3N4O2. The van der Waals surface area contributed by atoms with Crippen molar-refractivity contribution in [3.63, 3.8) is 0 Å². The lowest BCUT2D eigenvalue weighted by atomic mass is 9.94. The Morgan fingerprint density at radius 3 is 2.53 bits per heavy atom. The number of hydrogen-bond donors (Lipinski definition) is 3. The van der Waals surface area contributed by atoms with Crippen LogP contribution in [0.15, 0.2) is 35.1 Å². The molecule has 3 aromatic rings. The van der Waals surface area contributed by atoms with Crippen LogP contribution in [0.25, 0.3) is 10.8 Å². The van der Waals surface area contributed by atoms with E-state index >= 15 is 0 Å². The molecule has 2 heterocycles. The number of rotatable bonds is 2. The van der Waals surface area contributed by atoms with Gasteiger partial charge in [0.1, 0.15) is 5.82 Å². The summed E-state index contributed by atoms with van der Waals surface area (Å²) in [5, 5.41) is 5.82. The van der Waals surface area contributed by atoms with Gasteiger partial charge in [0, 0.05) is 37.1 Å². The van der Waals surface area contributed by atoms with Crippen LogP contribution in [0.4, 0.5) is 23.7 Å². The van der Waals surface area contributed by atoms with Gasteiger partial charge < -0.3 is 20.5 Å². The van der Waals surface area contributed by atoms with Gasteiger partial charge in [-0.1, -0.05) is 11.6 Å². The zero-order valence-corrected chi connectivity index (χ0v) is 16.4. The summed E-state index contributed by atoms with van der Waals surface area (Å²) in [6, 6.07) is 4.48. The summed E-state index contributed by atoms with van der Waals surface area (Å²) < 4.78 is 41.0. The lowest BCUT2D eigenvalue weighted by molar-refractivity contribution is 0.200. The number of aromatic amines is 1. The highest BCUT2D eigenvalue weighted by atomic mass is 35.5. The number of aromatic nitrogens is 1. The zero-order valence-electron chi connectivity index (χ0n) is 15.7. The molecular weight excluding hydrogens is 421 g/mol. The minimum atomic E-state index is -1.13. The molecule has 1 aromatic heterocycles. The quantitative estimate of drug-likeness (QED) is 0.570. The number of H-pyrrole nitrogens is 1. The highest BCUT2D eigenvalue weighted by molar-refractivity contribution is 6.31. The Bertz CT molecular complexity index is 1230. The van der Waals surface area contributed by atoms with E-state index in [0.29, 0.717) is 30.0 Å². The molecule has 3 N–H and O–H groups in total. The Morgan fingerprint density at radius 2 is 1.83 bits per heavy atom. The van der Waals surface area contributed by atoms with Crippen molar-refractivity contribution >= 4 is 34.1 Å². The molecule has 2 aromatic carbocycles. The zero-order chi connectivity index (χ0) is 21.6. The molecule has 0 aliphatic carbocycles. The highest BCUT2D eigenvalue weighted by Crippen LogP contribution is 2.32. The van der Waals surface area contributed by atoms with Crippen molar-refractivity contribution < 1.29 is 18.0 Å². The third kappa shape index (κ3) is 3.50. The second-order valence-corrected chi connectivity index (χ2v) is 7.38. The predicted octanol–water partition coefficient (Wildman–Crippen LogP) is 3.91. The van der Waals surface area contributed by atoms with Gasteiger partial charge in [-0.15, -0.1) is 0 Å².